The summed E-state index contributed by atoms with van der Waals surface area (Å²) in [7, 11) is 0. The zero-order valence-corrected chi connectivity index (χ0v) is 26.9. The fourth-order valence-corrected chi connectivity index (χ4v) is 6.21. The second-order valence-corrected chi connectivity index (χ2v) is 12.4. The average molecular weight is 635 g/mol. The molecule has 1 atom stereocenters. The van der Waals surface area contributed by atoms with Crippen molar-refractivity contribution in [3.63, 3.8) is 0 Å². The van der Waals surface area contributed by atoms with Gasteiger partial charge in [-0.1, -0.05) is 43.2 Å². The number of ether oxygens (including phenoxy) is 3. The predicted octanol–water partition coefficient (Wildman–Crippen LogP) is 2.34. The van der Waals surface area contributed by atoms with Gasteiger partial charge in [-0.3, -0.25) is 19.7 Å². The van der Waals surface area contributed by atoms with E-state index in [9.17, 15) is 14.4 Å². The van der Waals surface area contributed by atoms with Crippen molar-refractivity contribution in [3.8, 4) is 11.8 Å². The van der Waals surface area contributed by atoms with Crippen LogP contribution in [0, 0.1) is 11.8 Å². The number of fused-ring (bicyclic) bond motifs is 1. The number of aromatic nitrogens is 3. The third kappa shape index (κ3) is 9.22. The minimum Gasteiger partial charge on any atom is -0.378 e. The highest BCUT2D eigenvalue weighted by atomic mass is 16.5. The smallest absolute Gasteiger partial charge is 0.255 e. The molecule has 0 spiro atoms. The van der Waals surface area contributed by atoms with E-state index in [-0.39, 0.29) is 23.7 Å². The van der Waals surface area contributed by atoms with E-state index in [4.69, 9.17) is 14.2 Å². The Labute approximate surface area is 270 Å². The van der Waals surface area contributed by atoms with E-state index in [0.717, 1.165) is 29.9 Å². The summed E-state index contributed by atoms with van der Waals surface area (Å²) in [6.07, 6.45) is 9.60. The second kappa shape index (κ2) is 16.8. The number of piperidine rings is 1. The van der Waals surface area contributed by atoms with Crippen molar-refractivity contribution in [1.29, 1.82) is 0 Å². The molecule has 2 aliphatic heterocycles. The Morgan fingerprint density at radius 3 is 2.54 bits per heavy atom. The zero-order valence-electron chi connectivity index (χ0n) is 26.9. The van der Waals surface area contributed by atoms with Gasteiger partial charge in [0.1, 0.15) is 6.04 Å². The number of imide groups is 1. The molecule has 1 saturated carbocycles. The quantitative estimate of drug-likeness (QED) is 0.162. The van der Waals surface area contributed by atoms with Crippen molar-refractivity contribution < 1.29 is 28.6 Å². The summed E-state index contributed by atoms with van der Waals surface area (Å²) in [5.41, 5.74) is 3.55. The molecule has 1 aromatic heterocycles. The highest BCUT2D eigenvalue weighted by Gasteiger charge is 2.39. The number of nitrogens with one attached hydrogen (secondary N) is 2. The zero-order chi connectivity index (χ0) is 32.2. The average Bonchev–Trinajstić information content (AvgIpc) is 3.66. The van der Waals surface area contributed by atoms with Crippen LogP contribution >= 0.6 is 0 Å². The number of carbonyl (C=O) groups excluding carboxylic acids is 3. The molecule has 2 N–H and O–H groups in total. The van der Waals surface area contributed by atoms with Crippen LogP contribution in [0.4, 0.5) is 0 Å². The Morgan fingerprint density at radius 2 is 1.76 bits per heavy atom. The van der Waals surface area contributed by atoms with Gasteiger partial charge in [0.2, 0.25) is 11.8 Å². The number of rotatable bonds is 16. The molecule has 12 heteroatoms. The molecule has 1 aromatic carbocycles. The van der Waals surface area contributed by atoms with E-state index < -0.39 is 11.9 Å². The van der Waals surface area contributed by atoms with Gasteiger partial charge in [0.15, 0.2) is 0 Å². The first-order valence-electron chi connectivity index (χ1n) is 16.5. The number of carbonyl (C=O) groups is 3. The number of nitrogens with zero attached hydrogens (tertiary/aromatic N) is 4. The molecule has 1 saturated heterocycles. The highest BCUT2D eigenvalue weighted by Crippen LogP contribution is 2.37. The highest BCUT2D eigenvalue weighted by molar-refractivity contribution is 6.05. The lowest BCUT2D eigenvalue weighted by Crippen LogP contribution is -2.52. The van der Waals surface area contributed by atoms with Crippen LogP contribution in [0.3, 0.4) is 0 Å². The summed E-state index contributed by atoms with van der Waals surface area (Å²) in [6, 6.07) is 4.90. The second-order valence-electron chi connectivity index (χ2n) is 12.4. The first-order valence-corrected chi connectivity index (χ1v) is 16.5. The maximum Gasteiger partial charge on any atom is 0.255 e. The summed E-state index contributed by atoms with van der Waals surface area (Å²) in [4.78, 5) is 38.0. The van der Waals surface area contributed by atoms with Gasteiger partial charge in [-0.25, -0.2) is 4.68 Å². The molecule has 3 amide bonds. The molecule has 46 heavy (non-hydrogen) atoms. The van der Waals surface area contributed by atoms with Gasteiger partial charge in [-0.2, -0.15) is 0 Å². The Morgan fingerprint density at radius 1 is 1.00 bits per heavy atom. The third-order valence-corrected chi connectivity index (χ3v) is 8.93. The molecule has 3 aliphatic rings. The normalized spacial score (nSPS) is 19.1. The molecule has 2 fully saturated rings. The SMILES string of the molecule is CC1(c2cn(CCOCCOCCOCCNCCC#Cc3ccc4c(c3)CN(C3CCC(=O)NC3=O)C4=O)nn2)CCCCC1. The van der Waals surface area contributed by atoms with Crippen LogP contribution in [0.5, 0.6) is 0 Å². The van der Waals surface area contributed by atoms with E-state index in [1.165, 1.54) is 32.1 Å². The molecule has 0 radical (unpaired) electrons. The molecule has 1 aliphatic carbocycles. The Bertz CT molecular complexity index is 1410. The monoisotopic (exact) mass is 634 g/mol. The third-order valence-electron chi connectivity index (χ3n) is 8.93. The summed E-state index contributed by atoms with van der Waals surface area (Å²) in [5.74, 6) is 5.44. The number of amides is 3. The molecule has 5 rings (SSSR count). The predicted molar refractivity (Wildman–Crippen MR) is 170 cm³/mol. The molecular formula is C34H46N6O6. The Balaban J connectivity index is 0.848. The van der Waals surface area contributed by atoms with Crippen LogP contribution in [0.2, 0.25) is 0 Å². The fraction of sp³-hybridized carbons (Fsp3) is 0.618. The summed E-state index contributed by atoms with van der Waals surface area (Å²) < 4.78 is 18.8. The molecule has 248 valence electrons. The van der Waals surface area contributed by atoms with Gasteiger partial charge in [-0.15, -0.1) is 5.10 Å². The van der Waals surface area contributed by atoms with Crippen LogP contribution in [0.1, 0.15) is 85.5 Å². The summed E-state index contributed by atoms with van der Waals surface area (Å²) in [5, 5.41) is 14.3. The van der Waals surface area contributed by atoms with E-state index in [2.05, 4.69) is 45.9 Å². The number of hydrogen-bond donors (Lipinski definition) is 2. The maximum atomic E-state index is 12.8. The first kappa shape index (κ1) is 33.7. The largest absolute Gasteiger partial charge is 0.378 e. The van der Waals surface area contributed by atoms with Crippen molar-refractivity contribution in [2.45, 2.75) is 82.8 Å². The number of hydrogen-bond acceptors (Lipinski definition) is 9. The standard InChI is InChI=1S/C34H46N6O6/c1-34(12-4-2-5-13-34)30-25-39(38-37-30)16-18-45-20-22-46-21-19-44-17-15-35-14-6-3-7-26-8-9-28-27(23-26)24-40(33(28)43)29-10-11-31(41)36-32(29)42/h8-9,23,25,29,35H,2,4-6,10-22,24H2,1H3,(H,36,41,42). The van der Waals surface area contributed by atoms with E-state index in [0.29, 0.717) is 71.1 Å². The Kier molecular flexibility index (Phi) is 12.3. The van der Waals surface area contributed by atoms with Crippen molar-refractivity contribution >= 4 is 17.7 Å². The van der Waals surface area contributed by atoms with Crippen molar-refractivity contribution in [1.82, 2.24) is 30.5 Å². The molecule has 1 unspecified atom stereocenters. The summed E-state index contributed by atoms with van der Waals surface area (Å²) in [6.45, 7) is 8.10. The topological polar surface area (TPSA) is 137 Å². The molecule has 12 nitrogen and oxygen atoms in total. The molecule has 0 bridgehead atoms. The van der Waals surface area contributed by atoms with Crippen LogP contribution in [0.15, 0.2) is 24.4 Å². The van der Waals surface area contributed by atoms with Gasteiger partial charge in [0.05, 0.1) is 51.9 Å². The fourth-order valence-electron chi connectivity index (χ4n) is 6.21. The van der Waals surface area contributed by atoms with Gasteiger partial charge in [-0.05, 0) is 43.0 Å². The van der Waals surface area contributed by atoms with Gasteiger partial charge in [0, 0.05) is 55.2 Å². The minimum absolute atomic E-state index is 0.168. The van der Waals surface area contributed by atoms with Crippen molar-refractivity contribution in [2.75, 3.05) is 52.7 Å². The number of benzene rings is 1. The van der Waals surface area contributed by atoms with Gasteiger partial charge in [0.25, 0.3) is 5.91 Å². The maximum absolute atomic E-state index is 12.8. The van der Waals surface area contributed by atoms with Crippen LogP contribution in [-0.2, 0) is 42.3 Å². The van der Waals surface area contributed by atoms with Crippen LogP contribution < -0.4 is 10.6 Å². The lowest BCUT2D eigenvalue weighted by Gasteiger charge is -2.31. The van der Waals surface area contributed by atoms with Gasteiger partial charge >= 0.3 is 0 Å². The lowest BCUT2D eigenvalue weighted by molar-refractivity contribution is -0.136. The Hall–Kier alpha value is -3.63. The van der Waals surface area contributed by atoms with E-state index >= 15 is 0 Å². The first-order chi connectivity index (χ1) is 22.4. The molecular weight excluding hydrogens is 588 g/mol. The summed E-state index contributed by atoms with van der Waals surface area (Å²) >= 11 is 0. The minimum atomic E-state index is -0.611. The van der Waals surface area contributed by atoms with Crippen molar-refractivity contribution in [2.24, 2.45) is 0 Å². The van der Waals surface area contributed by atoms with Crippen LogP contribution in [-0.4, -0.2) is 96.4 Å². The lowest BCUT2D eigenvalue weighted by atomic mass is 9.74. The molecule has 2 aromatic rings. The van der Waals surface area contributed by atoms with E-state index in [1.54, 1.807) is 11.0 Å². The van der Waals surface area contributed by atoms with E-state index in [1.807, 2.05) is 16.8 Å². The van der Waals surface area contributed by atoms with Crippen LogP contribution in [0.25, 0.3) is 0 Å². The van der Waals surface area contributed by atoms with Gasteiger partial charge < -0.3 is 24.4 Å². The van der Waals surface area contributed by atoms with Crippen molar-refractivity contribution in [3.05, 3.63) is 46.8 Å². The molecule has 3 heterocycles.